The van der Waals surface area contributed by atoms with Gasteiger partial charge in [-0.05, 0) is 33.3 Å². The third kappa shape index (κ3) is 2.47. The van der Waals surface area contributed by atoms with Crippen molar-refractivity contribution in [1.82, 2.24) is 9.55 Å². The van der Waals surface area contributed by atoms with Crippen LogP contribution in [0, 0.1) is 13.8 Å². The molecule has 2 rings (SSSR count). The van der Waals surface area contributed by atoms with E-state index < -0.39 is 11.2 Å². The first kappa shape index (κ1) is 15.1. The smallest absolute Gasteiger partial charge is 0.263 e. The summed E-state index contributed by atoms with van der Waals surface area (Å²) < 4.78 is 1.60. The van der Waals surface area contributed by atoms with Gasteiger partial charge in [0.1, 0.15) is 4.83 Å². The van der Waals surface area contributed by atoms with E-state index in [1.165, 1.54) is 23.1 Å². The van der Waals surface area contributed by atoms with E-state index in [0.29, 0.717) is 17.1 Å². The molecule has 1 unspecified atom stereocenters. The lowest BCUT2D eigenvalue weighted by Crippen LogP contribution is -2.26. The van der Waals surface area contributed by atoms with Crippen LogP contribution in [-0.2, 0) is 11.3 Å². The second-order valence-corrected chi connectivity index (χ2v) is 7.08. The number of hydrogen-bond donors (Lipinski definition) is 1. The zero-order valence-electron chi connectivity index (χ0n) is 11.9. The van der Waals surface area contributed by atoms with Gasteiger partial charge >= 0.3 is 0 Å². The number of primary amides is 1. The number of fused-ring (bicyclic) bond motifs is 1. The van der Waals surface area contributed by atoms with E-state index in [1.54, 1.807) is 11.5 Å². The zero-order valence-corrected chi connectivity index (χ0v) is 13.5. The average Bonchev–Trinajstić information content (AvgIpc) is 2.65. The Balaban J connectivity index is 2.66. The molecule has 0 saturated heterocycles. The van der Waals surface area contributed by atoms with Gasteiger partial charge in [0.05, 0.1) is 10.6 Å². The highest BCUT2D eigenvalue weighted by atomic mass is 32.2. The fourth-order valence-corrected chi connectivity index (χ4v) is 3.89. The molecule has 108 valence electrons. The monoisotopic (exact) mass is 311 g/mol. The second kappa shape index (κ2) is 5.57. The molecule has 0 aliphatic carbocycles. The van der Waals surface area contributed by atoms with Gasteiger partial charge in [0.25, 0.3) is 5.56 Å². The third-order valence-corrected chi connectivity index (χ3v) is 5.46. The maximum atomic E-state index is 12.6. The summed E-state index contributed by atoms with van der Waals surface area (Å²) in [6.07, 6.45) is 0. The van der Waals surface area contributed by atoms with Crippen LogP contribution in [0.15, 0.2) is 9.95 Å². The van der Waals surface area contributed by atoms with Crippen molar-refractivity contribution in [3.05, 3.63) is 20.8 Å². The van der Waals surface area contributed by atoms with E-state index in [1.807, 2.05) is 20.8 Å². The van der Waals surface area contributed by atoms with E-state index >= 15 is 0 Å². The van der Waals surface area contributed by atoms with Crippen molar-refractivity contribution in [3.63, 3.8) is 0 Å². The van der Waals surface area contributed by atoms with Crippen LogP contribution in [0.4, 0.5) is 0 Å². The fraction of sp³-hybridized carbons (Fsp3) is 0.462. The Morgan fingerprint density at radius 3 is 2.70 bits per heavy atom. The minimum absolute atomic E-state index is 0.0430. The number of thioether (sulfide) groups is 1. The molecule has 0 spiro atoms. The SMILES string of the molecule is CCn1c(SC(C)C(N)=O)nc2sc(C)c(C)c2c1=O. The van der Waals surface area contributed by atoms with Crippen molar-refractivity contribution < 1.29 is 4.79 Å². The Kier molecular flexibility index (Phi) is 4.19. The quantitative estimate of drug-likeness (QED) is 0.692. The lowest BCUT2D eigenvalue weighted by Gasteiger charge is -2.12. The minimum atomic E-state index is -0.417. The molecule has 2 aromatic rings. The largest absolute Gasteiger partial charge is 0.369 e. The molecule has 0 saturated carbocycles. The molecule has 2 aromatic heterocycles. The van der Waals surface area contributed by atoms with Crippen molar-refractivity contribution in [2.45, 2.75) is 44.6 Å². The van der Waals surface area contributed by atoms with Crippen LogP contribution >= 0.6 is 23.1 Å². The molecule has 2 heterocycles. The molecule has 1 atom stereocenters. The maximum Gasteiger partial charge on any atom is 0.263 e. The van der Waals surface area contributed by atoms with E-state index in [-0.39, 0.29) is 5.56 Å². The topological polar surface area (TPSA) is 78.0 Å². The molecule has 0 bridgehead atoms. The zero-order chi connectivity index (χ0) is 15.0. The van der Waals surface area contributed by atoms with Crippen LogP contribution in [0.2, 0.25) is 0 Å². The van der Waals surface area contributed by atoms with Gasteiger partial charge in [-0.2, -0.15) is 0 Å². The number of carbonyl (C=O) groups excluding carboxylic acids is 1. The molecule has 0 fully saturated rings. The molecule has 0 aliphatic rings. The van der Waals surface area contributed by atoms with Gasteiger partial charge in [0.15, 0.2) is 5.16 Å². The number of aryl methyl sites for hydroxylation is 2. The summed E-state index contributed by atoms with van der Waals surface area (Å²) in [6.45, 7) is 8.05. The number of amides is 1. The van der Waals surface area contributed by atoms with E-state index in [9.17, 15) is 9.59 Å². The number of aromatic nitrogens is 2. The van der Waals surface area contributed by atoms with Crippen molar-refractivity contribution >= 4 is 39.2 Å². The molecule has 7 heteroatoms. The van der Waals surface area contributed by atoms with Gasteiger partial charge in [0, 0.05) is 11.4 Å². The molecule has 20 heavy (non-hydrogen) atoms. The summed E-state index contributed by atoms with van der Waals surface area (Å²) in [4.78, 5) is 30.1. The Labute approximate surface area is 125 Å². The number of carbonyl (C=O) groups is 1. The van der Waals surface area contributed by atoms with Crippen LogP contribution in [0.5, 0.6) is 0 Å². The van der Waals surface area contributed by atoms with Crippen molar-refractivity contribution in [3.8, 4) is 0 Å². The maximum absolute atomic E-state index is 12.6. The van der Waals surface area contributed by atoms with Crippen molar-refractivity contribution in [2.24, 2.45) is 5.73 Å². The average molecular weight is 311 g/mol. The third-order valence-electron chi connectivity index (χ3n) is 3.25. The van der Waals surface area contributed by atoms with Crippen LogP contribution < -0.4 is 11.3 Å². The highest BCUT2D eigenvalue weighted by Crippen LogP contribution is 2.29. The molecule has 0 radical (unpaired) electrons. The molecule has 5 nitrogen and oxygen atoms in total. The van der Waals surface area contributed by atoms with Crippen LogP contribution in [0.25, 0.3) is 10.2 Å². The lowest BCUT2D eigenvalue weighted by molar-refractivity contribution is -0.117. The van der Waals surface area contributed by atoms with Gasteiger partial charge in [-0.1, -0.05) is 11.8 Å². The molecule has 0 aromatic carbocycles. The second-order valence-electron chi connectivity index (χ2n) is 4.57. The summed E-state index contributed by atoms with van der Waals surface area (Å²) >= 11 is 2.74. The van der Waals surface area contributed by atoms with Crippen LogP contribution in [0.3, 0.4) is 0 Å². The number of rotatable bonds is 4. The minimum Gasteiger partial charge on any atom is -0.369 e. The van der Waals surface area contributed by atoms with E-state index in [0.717, 1.165) is 15.3 Å². The lowest BCUT2D eigenvalue weighted by atomic mass is 10.2. The number of nitrogens with two attached hydrogens (primary N) is 1. The van der Waals surface area contributed by atoms with E-state index in [4.69, 9.17) is 5.73 Å². The molecular formula is C13H17N3O2S2. The van der Waals surface area contributed by atoms with Gasteiger partial charge in [-0.25, -0.2) is 4.98 Å². The first-order chi connectivity index (χ1) is 9.36. The summed E-state index contributed by atoms with van der Waals surface area (Å²) in [5, 5.41) is 0.822. The molecule has 0 aliphatic heterocycles. The van der Waals surface area contributed by atoms with Crippen LogP contribution in [0.1, 0.15) is 24.3 Å². The highest BCUT2D eigenvalue weighted by molar-refractivity contribution is 8.00. The number of thiophene rings is 1. The van der Waals surface area contributed by atoms with Gasteiger partial charge in [0.2, 0.25) is 5.91 Å². The molecule has 1 amide bonds. The Hall–Kier alpha value is -1.34. The van der Waals surface area contributed by atoms with Gasteiger partial charge in [-0.3, -0.25) is 14.2 Å². The summed E-state index contributed by atoms with van der Waals surface area (Å²) in [5.74, 6) is -0.412. The van der Waals surface area contributed by atoms with Gasteiger partial charge in [-0.15, -0.1) is 11.3 Å². The van der Waals surface area contributed by atoms with Crippen LogP contribution in [-0.4, -0.2) is 20.7 Å². The van der Waals surface area contributed by atoms with Crippen molar-refractivity contribution in [1.29, 1.82) is 0 Å². The standard InChI is InChI=1S/C13H17N3O2S2/c1-5-16-12(18)9-6(2)7(3)19-11(9)15-13(16)20-8(4)10(14)17/h8H,5H2,1-4H3,(H2,14,17). The number of nitrogens with zero attached hydrogens (tertiary/aromatic N) is 2. The van der Waals surface area contributed by atoms with E-state index in [2.05, 4.69) is 4.98 Å². The van der Waals surface area contributed by atoms with Crippen molar-refractivity contribution in [2.75, 3.05) is 0 Å². The first-order valence-electron chi connectivity index (χ1n) is 6.33. The molecule has 2 N–H and O–H groups in total. The summed E-state index contributed by atoms with van der Waals surface area (Å²) in [5.41, 5.74) is 6.23. The van der Waals surface area contributed by atoms with Gasteiger partial charge < -0.3 is 5.73 Å². The summed E-state index contributed by atoms with van der Waals surface area (Å²) in [7, 11) is 0. The molecular weight excluding hydrogens is 294 g/mol. The number of hydrogen-bond acceptors (Lipinski definition) is 5. The summed E-state index contributed by atoms with van der Waals surface area (Å²) in [6, 6.07) is 0. The Morgan fingerprint density at radius 2 is 2.15 bits per heavy atom. The Bertz CT molecular complexity index is 733. The first-order valence-corrected chi connectivity index (χ1v) is 8.02. The highest BCUT2D eigenvalue weighted by Gasteiger charge is 2.19. The normalized spacial score (nSPS) is 12.8. The Morgan fingerprint density at radius 1 is 1.50 bits per heavy atom. The fourth-order valence-electron chi connectivity index (χ4n) is 1.89. The predicted molar refractivity (Wildman–Crippen MR) is 83.5 cm³/mol. The predicted octanol–water partition coefficient (Wildman–Crippen LogP) is 2.06.